The lowest BCUT2D eigenvalue weighted by Gasteiger charge is -2.36. The first-order chi connectivity index (χ1) is 11.8. The molecule has 3 aliphatic carbocycles. The van der Waals surface area contributed by atoms with Gasteiger partial charge in [0.05, 0.1) is 0 Å². The third-order valence-electron chi connectivity index (χ3n) is 8.47. The van der Waals surface area contributed by atoms with Gasteiger partial charge in [0.15, 0.2) is 0 Å². The van der Waals surface area contributed by atoms with Crippen LogP contribution in [0.5, 0.6) is 0 Å². The Bertz CT molecular complexity index is 534. The van der Waals surface area contributed by atoms with Gasteiger partial charge in [0.25, 0.3) is 0 Å². The smallest absolute Gasteiger partial charge is 0.0172 e. The quantitative estimate of drug-likeness (QED) is 0.424. The minimum absolute atomic E-state index is 0.544. The Morgan fingerprint density at radius 2 is 1.76 bits per heavy atom. The second-order valence-electron chi connectivity index (χ2n) is 10.5. The molecule has 5 atom stereocenters. The van der Waals surface area contributed by atoms with Crippen molar-refractivity contribution in [1.29, 1.82) is 0 Å². The van der Waals surface area contributed by atoms with E-state index in [2.05, 4.69) is 47.6 Å². The van der Waals surface area contributed by atoms with E-state index in [-0.39, 0.29) is 0 Å². The topological polar surface area (TPSA) is 0 Å². The molecule has 25 heavy (non-hydrogen) atoms. The molecular weight excluding hydrogens is 300 g/mol. The van der Waals surface area contributed by atoms with E-state index in [0.717, 1.165) is 29.6 Å². The van der Waals surface area contributed by atoms with Crippen LogP contribution in [0, 0.1) is 35.0 Å². The zero-order chi connectivity index (χ0) is 18.2. The molecule has 0 saturated heterocycles. The zero-order valence-electron chi connectivity index (χ0n) is 17.8. The summed E-state index contributed by atoms with van der Waals surface area (Å²) in [4.78, 5) is 0. The molecule has 3 rings (SSSR count). The van der Waals surface area contributed by atoms with Crippen LogP contribution in [0.1, 0.15) is 99.3 Å². The van der Waals surface area contributed by atoms with Crippen LogP contribution in [-0.4, -0.2) is 0 Å². The molecule has 142 valence electrons. The van der Waals surface area contributed by atoms with Crippen LogP contribution in [0.2, 0.25) is 0 Å². The molecule has 0 aliphatic heterocycles. The fraction of sp³-hybridized carbons (Fsp3) is 0.840. The van der Waals surface area contributed by atoms with Crippen molar-refractivity contribution in [2.24, 2.45) is 35.0 Å². The largest absolute Gasteiger partial charge is 0.0851 e. The number of hydrogen-bond acceptors (Lipinski definition) is 0. The Labute approximate surface area is 157 Å². The average molecular weight is 343 g/mol. The molecular formula is C25H42. The van der Waals surface area contributed by atoms with Crippen molar-refractivity contribution in [3.05, 3.63) is 22.8 Å². The fourth-order valence-electron chi connectivity index (χ4n) is 6.54. The van der Waals surface area contributed by atoms with Gasteiger partial charge < -0.3 is 0 Å². The number of fused-ring (bicyclic) bond motifs is 2. The normalized spacial score (nSPS) is 40.4. The first kappa shape index (κ1) is 19.2. The molecule has 2 saturated carbocycles. The maximum absolute atomic E-state index is 2.63. The summed E-state index contributed by atoms with van der Waals surface area (Å²) >= 11 is 0. The Morgan fingerprint density at radius 1 is 1.00 bits per heavy atom. The highest BCUT2D eigenvalue weighted by Gasteiger charge is 2.45. The van der Waals surface area contributed by atoms with Crippen LogP contribution in [0.25, 0.3) is 0 Å². The fourth-order valence-corrected chi connectivity index (χ4v) is 6.54. The van der Waals surface area contributed by atoms with Crippen molar-refractivity contribution in [3.8, 4) is 0 Å². The molecule has 0 aromatic heterocycles. The second kappa shape index (κ2) is 7.61. The van der Waals surface area contributed by atoms with E-state index in [9.17, 15) is 0 Å². The van der Waals surface area contributed by atoms with Crippen LogP contribution >= 0.6 is 0 Å². The molecule has 3 aliphatic rings. The highest BCUT2D eigenvalue weighted by Crippen LogP contribution is 2.54. The molecule has 0 heteroatoms. The summed E-state index contributed by atoms with van der Waals surface area (Å²) in [5.41, 5.74) is 5.84. The summed E-state index contributed by atoms with van der Waals surface area (Å²) < 4.78 is 0. The summed E-state index contributed by atoms with van der Waals surface area (Å²) in [6.07, 6.45) is 15.2. The van der Waals surface area contributed by atoms with Crippen molar-refractivity contribution >= 4 is 0 Å². The molecule has 0 heterocycles. The summed E-state index contributed by atoms with van der Waals surface area (Å²) in [5.74, 6) is 4.48. The predicted octanol–water partition coefficient (Wildman–Crippen LogP) is 7.95. The Morgan fingerprint density at radius 3 is 2.48 bits per heavy atom. The summed E-state index contributed by atoms with van der Waals surface area (Å²) in [6, 6.07) is 0. The highest BCUT2D eigenvalue weighted by atomic mass is 14.5. The lowest BCUT2D eigenvalue weighted by Crippen LogP contribution is -2.27. The SMILES string of the molecule is CC1=CC[C@@]2(C)CC[C@H](C(C)C)[C@@H]2CCC(C)=C2CC[C@@H](C)[C@H]2CC1. The van der Waals surface area contributed by atoms with E-state index >= 15 is 0 Å². The van der Waals surface area contributed by atoms with E-state index in [1.54, 1.807) is 11.1 Å². The zero-order valence-corrected chi connectivity index (χ0v) is 17.8. The maximum atomic E-state index is 2.63. The molecule has 0 radical (unpaired) electrons. The molecule has 0 amide bonds. The molecule has 0 aromatic rings. The van der Waals surface area contributed by atoms with Crippen LogP contribution in [0.15, 0.2) is 22.8 Å². The number of hydrogen-bond donors (Lipinski definition) is 0. The van der Waals surface area contributed by atoms with Crippen molar-refractivity contribution in [2.45, 2.75) is 99.3 Å². The van der Waals surface area contributed by atoms with Gasteiger partial charge >= 0.3 is 0 Å². The van der Waals surface area contributed by atoms with Crippen molar-refractivity contribution in [2.75, 3.05) is 0 Å². The molecule has 2 fully saturated rings. The van der Waals surface area contributed by atoms with Crippen molar-refractivity contribution in [3.63, 3.8) is 0 Å². The van der Waals surface area contributed by atoms with Gasteiger partial charge in [-0.25, -0.2) is 0 Å². The number of rotatable bonds is 1. The third-order valence-corrected chi connectivity index (χ3v) is 8.47. The minimum Gasteiger partial charge on any atom is -0.0851 e. The lowest BCUT2D eigenvalue weighted by atomic mass is 9.69. The lowest BCUT2D eigenvalue weighted by molar-refractivity contribution is 0.156. The average Bonchev–Trinajstić information content (AvgIpc) is 3.09. The molecule has 0 bridgehead atoms. The standard InChI is InChI=1S/C25H42/c1-17(2)21-14-16-25(6)15-13-18(3)7-10-22-19(4)8-11-23(22)20(5)9-12-24(21)25/h13,17,19,21-22,24H,7-12,14-16H2,1-6H3/t19-,21-,22-,24+,25+/m1/s1. The van der Waals surface area contributed by atoms with Gasteiger partial charge in [0.2, 0.25) is 0 Å². The molecule has 0 nitrogen and oxygen atoms in total. The Kier molecular flexibility index (Phi) is 5.86. The second-order valence-corrected chi connectivity index (χ2v) is 10.5. The van der Waals surface area contributed by atoms with Gasteiger partial charge in [-0.3, -0.25) is 0 Å². The summed E-state index contributed by atoms with van der Waals surface area (Å²) in [6.45, 7) is 14.9. The van der Waals surface area contributed by atoms with Crippen LogP contribution in [-0.2, 0) is 0 Å². The van der Waals surface area contributed by atoms with Gasteiger partial charge in [0, 0.05) is 0 Å². The monoisotopic (exact) mass is 342 g/mol. The maximum Gasteiger partial charge on any atom is -0.0172 e. The van der Waals surface area contributed by atoms with E-state index in [0.29, 0.717) is 5.41 Å². The summed E-state index contributed by atoms with van der Waals surface area (Å²) in [7, 11) is 0. The van der Waals surface area contributed by atoms with E-state index in [1.807, 2.05) is 5.57 Å². The van der Waals surface area contributed by atoms with Gasteiger partial charge in [-0.15, -0.1) is 0 Å². The van der Waals surface area contributed by atoms with E-state index in [4.69, 9.17) is 0 Å². The van der Waals surface area contributed by atoms with Gasteiger partial charge in [0.1, 0.15) is 0 Å². The molecule has 0 spiro atoms. The summed E-state index contributed by atoms with van der Waals surface area (Å²) in [5, 5.41) is 0. The highest BCUT2D eigenvalue weighted by molar-refractivity contribution is 5.21. The van der Waals surface area contributed by atoms with E-state index < -0.39 is 0 Å². The first-order valence-electron chi connectivity index (χ1n) is 11.2. The third kappa shape index (κ3) is 3.93. The van der Waals surface area contributed by atoms with E-state index in [1.165, 1.54) is 57.8 Å². The van der Waals surface area contributed by atoms with Gasteiger partial charge in [-0.2, -0.15) is 0 Å². The molecule has 0 aromatic carbocycles. The predicted molar refractivity (Wildman–Crippen MR) is 111 cm³/mol. The van der Waals surface area contributed by atoms with Crippen molar-refractivity contribution < 1.29 is 0 Å². The molecule has 0 N–H and O–H groups in total. The van der Waals surface area contributed by atoms with Gasteiger partial charge in [-0.05, 0) is 107 Å². The number of allylic oxidation sites excluding steroid dienone is 4. The minimum atomic E-state index is 0.544. The van der Waals surface area contributed by atoms with Crippen molar-refractivity contribution in [1.82, 2.24) is 0 Å². The van der Waals surface area contributed by atoms with Crippen LogP contribution in [0.3, 0.4) is 0 Å². The Balaban J connectivity index is 1.90. The first-order valence-corrected chi connectivity index (χ1v) is 11.2. The van der Waals surface area contributed by atoms with Crippen LogP contribution < -0.4 is 0 Å². The Hall–Kier alpha value is -0.520. The molecule has 0 unspecified atom stereocenters. The van der Waals surface area contributed by atoms with Crippen LogP contribution in [0.4, 0.5) is 0 Å². The van der Waals surface area contributed by atoms with Gasteiger partial charge in [-0.1, -0.05) is 50.5 Å².